The zero-order valence-electron chi connectivity index (χ0n) is 17.5. The summed E-state index contributed by atoms with van der Waals surface area (Å²) in [5.41, 5.74) is 0.385. The molecule has 2 aliphatic rings. The number of aromatic nitrogens is 3. The Balaban J connectivity index is 1.73. The molecule has 30 heavy (non-hydrogen) atoms. The summed E-state index contributed by atoms with van der Waals surface area (Å²) in [6.45, 7) is 9.18. The molecule has 0 aromatic carbocycles. The highest BCUT2D eigenvalue weighted by molar-refractivity contribution is 7.99. The minimum absolute atomic E-state index is 0.0277. The highest BCUT2D eigenvalue weighted by atomic mass is 35.5. The standard InChI is InChI=1S/C20H25ClFN5O2S/c1-5-30-18-24-15-13-12(23-16(21)14(15)22)7-6-11-10-26(19(28)29-20(2,3)4)8-9-27(11)17(13)25-18/h11H,5-10H2,1-4H3. The van der Waals surface area contributed by atoms with Crippen LogP contribution in [0.25, 0.3) is 10.9 Å². The number of thioether (sulfide) groups is 1. The van der Waals surface area contributed by atoms with Gasteiger partial charge in [0.05, 0.1) is 11.1 Å². The first-order valence-electron chi connectivity index (χ1n) is 10.1. The van der Waals surface area contributed by atoms with Crippen molar-refractivity contribution in [1.82, 2.24) is 19.9 Å². The third-order valence-corrected chi connectivity index (χ3v) is 6.15. The van der Waals surface area contributed by atoms with Gasteiger partial charge in [0, 0.05) is 25.7 Å². The highest BCUT2D eigenvalue weighted by Gasteiger charge is 2.36. The Hall–Kier alpha value is -1.87. The smallest absolute Gasteiger partial charge is 0.410 e. The molecule has 4 rings (SSSR count). The average Bonchev–Trinajstić information content (AvgIpc) is 2.82. The first-order chi connectivity index (χ1) is 14.2. The Labute approximate surface area is 184 Å². The number of anilines is 1. The number of ether oxygens (including phenoxy) is 1. The lowest BCUT2D eigenvalue weighted by Gasteiger charge is -2.41. The second-order valence-electron chi connectivity index (χ2n) is 8.46. The topological polar surface area (TPSA) is 71.5 Å². The molecule has 0 N–H and O–H groups in total. The molecule has 0 radical (unpaired) electrons. The number of aryl methyl sites for hydroxylation is 1. The zero-order chi connectivity index (χ0) is 21.6. The largest absolute Gasteiger partial charge is 0.444 e. The first kappa shape index (κ1) is 21.4. The molecule has 1 atom stereocenters. The average molecular weight is 454 g/mol. The number of piperazine rings is 1. The number of amides is 1. The van der Waals surface area contributed by atoms with Gasteiger partial charge in [0.2, 0.25) is 0 Å². The van der Waals surface area contributed by atoms with Crippen LogP contribution in [0, 0.1) is 5.82 Å². The van der Waals surface area contributed by atoms with Gasteiger partial charge in [-0.15, -0.1) is 0 Å². The van der Waals surface area contributed by atoms with Gasteiger partial charge in [-0.05, 0) is 39.4 Å². The molecular weight excluding hydrogens is 429 g/mol. The summed E-state index contributed by atoms with van der Waals surface area (Å²) >= 11 is 7.53. The Morgan fingerprint density at radius 3 is 2.77 bits per heavy atom. The number of halogens is 2. The van der Waals surface area contributed by atoms with Crippen LogP contribution in [0.5, 0.6) is 0 Å². The van der Waals surface area contributed by atoms with Gasteiger partial charge in [-0.3, -0.25) is 0 Å². The summed E-state index contributed by atoms with van der Waals surface area (Å²) in [6.07, 6.45) is 1.04. The summed E-state index contributed by atoms with van der Waals surface area (Å²) in [5, 5.41) is 0.984. The van der Waals surface area contributed by atoms with E-state index in [0.717, 1.165) is 12.2 Å². The Kier molecular flexibility index (Phi) is 5.69. The first-order valence-corrected chi connectivity index (χ1v) is 11.5. The molecule has 10 heteroatoms. The fraction of sp³-hybridized carbons (Fsp3) is 0.600. The molecule has 1 unspecified atom stereocenters. The number of carbonyl (C=O) groups is 1. The molecule has 2 aliphatic heterocycles. The van der Waals surface area contributed by atoms with E-state index in [1.165, 1.54) is 11.8 Å². The van der Waals surface area contributed by atoms with E-state index in [1.54, 1.807) is 4.90 Å². The maximum absolute atomic E-state index is 14.8. The molecule has 4 heterocycles. The van der Waals surface area contributed by atoms with Crippen LogP contribution in [0.2, 0.25) is 5.15 Å². The minimum Gasteiger partial charge on any atom is -0.444 e. The van der Waals surface area contributed by atoms with E-state index in [1.807, 2.05) is 27.7 Å². The van der Waals surface area contributed by atoms with Gasteiger partial charge in [-0.25, -0.2) is 24.1 Å². The minimum atomic E-state index is -0.608. The van der Waals surface area contributed by atoms with E-state index >= 15 is 0 Å². The van der Waals surface area contributed by atoms with Crippen molar-refractivity contribution in [3.05, 3.63) is 16.7 Å². The molecule has 0 saturated carbocycles. The van der Waals surface area contributed by atoms with Crippen LogP contribution in [-0.2, 0) is 11.2 Å². The van der Waals surface area contributed by atoms with E-state index in [-0.39, 0.29) is 22.8 Å². The normalized spacial score (nSPS) is 18.9. The number of nitrogens with zero attached hydrogens (tertiary/aromatic N) is 5. The van der Waals surface area contributed by atoms with Gasteiger partial charge < -0.3 is 14.5 Å². The predicted octanol–water partition coefficient (Wildman–Crippen LogP) is 4.30. The molecular formula is C20H25ClFN5O2S. The van der Waals surface area contributed by atoms with E-state index < -0.39 is 11.4 Å². The number of pyridine rings is 1. The zero-order valence-corrected chi connectivity index (χ0v) is 19.1. The SMILES string of the molecule is CCSc1nc2c3c(nc(Cl)c(F)c3n1)CCC1CN(C(=O)OC(C)(C)C)CCN21. The van der Waals surface area contributed by atoms with Crippen LogP contribution in [0.1, 0.15) is 39.8 Å². The molecule has 1 amide bonds. The number of carbonyl (C=O) groups excluding carboxylic acids is 1. The van der Waals surface area contributed by atoms with E-state index in [9.17, 15) is 9.18 Å². The molecule has 1 saturated heterocycles. The number of fused-ring (bicyclic) bond motifs is 2. The van der Waals surface area contributed by atoms with Crippen molar-refractivity contribution in [2.24, 2.45) is 0 Å². The van der Waals surface area contributed by atoms with Gasteiger partial charge >= 0.3 is 6.09 Å². The Morgan fingerprint density at radius 1 is 1.30 bits per heavy atom. The van der Waals surface area contributed by atoms with E-state index in [4.69, 9.17) is 21.3 Å². The summed E-state index contributed by atoms with van der Waals surface area (Å²) in [4.78, 5) is 30.0. The van der Waals surface area contributed by atoms with Gasteiger partial charge in [-0.2, -0.15) is 0 Å². The Morgan fingerprint density at radius 2 is 2.07 bits per heavy atom. The molecule has 1 fully saturated rings. The lowest BCUT2D eigenvalue weighted by molar-refractivity contribution is 0.0212. The highest BCUT2D eigenvalue weighted by Crippen LogP contribution is 2.38. The lowest BCUT2D eigenvalue weighted by Crippen LogP contribution is -2.55. The van der Waals surface area contributed by atoms with E-state index in [2.05, 4.69) is 14.9 Å². The fourth-order valence-electron chi connectivity index (χ4n) is 3.93. The van der Waals surface area contributed by atoms with Crippen LogP contribution in [0.4, 0.5) is 15.0 Å². The Bertz CT molecular complexity index is 1000. The monoisotopic (exact) mass is 453 g/mol. The lowest BCUT2D eigenvalue weighted by atomic mass is 10.1. The van der Waals surface area contributed by atoms with Crippen LogP contribution in [0.3, 0.4) is 0 Å². The van der Waals surface area contributed by atoms with Gasteiger partial charge in [0.25, 0.3) is 0 Å². The van der Waals surface area contributed by atoms with Crippen LogP contribution < -0.4 is 4.90 Å². The van der Waals surface area contributed by atoms with E-state index in [0.29, 0.717) is 48.1 Å². The molecule has 0 spiro atoms. The van der Waals surface area contributed by atoms with Crippen molar-refractivity contribution < 1.29 is 13.9 Å². The maximum atomic E-state index is 14.8. The van der Waals surface area contributed by atoms with Crippen molar-refractivity contribution in [3.63, 3.8) is 0 Å². The number of hydrogen-bond donors (Lipinski definition) is 0. The van der Waals surface area contributed by atoms with Crippen LogP contribution >= 0.6 is 23.4 Å². The van der Waals surface area contributed by atoms with Crippen molar-refractivity contribution in [1.29, 1.82) is 0 Å². The summed E-state index contributed by atoms with van der Waals surface area (Å²) in [6, 6.07) is 0.0277. The second-order valence-corrected chi connectivity index (χ2v) is 10.1. The quantitative estimate of drug-likeness (QED) is 0.381. The van der Waals surface area contributed by atoms with Gasteiger partial charge in [-0.1, -0.05) is 30.3 Å². The fourth-order valence-corrected chi connectivity index (χ4v) is 4.69. The molecule has 2 aromatic rings. The van der Waals surface area contributed by atoms with Crippen LogP contribution in [-0.4, -0.2) is 63.0 Å². The second kappa shape index (κ2) is 8.00. The molecule has 2 aromatic heterocycles. The van der Waals surface area contributed by atoms with Crippen molar-refractivity contribution in [2.45, 2.75) is 57.3 Å². The maximum Gasteiger partial charge on any atom is 0.410 e. The number of rotatable bonds is 2. The van der Waals surface area contributed by atoms with Crippen molar-refractivity contribution in [2.75, 3.05) is 30.3 Å². The summed E-state index contributed by atoms with van der Waals surface area (Å²) in [7, 11) is 0. The molecule has 7 nitrogen and oxygen atoms in total. The van der Waals surface area contributed by atoms with Crippen molar-refractivity contribution >= 4 is 46.2 Å². The number of hydrogen-bond acceptors (Lipinski definition) is 7. The van der Waals surface area contributed by atoms with Gasteiger partial charge in [0.1, 0.15) is 16.9 Å². The van der Waals surface area contributed by atoms with Crippen molar-refractivity contribution in [3.8, 4) is 0 Å². The predicted molar refractivity (Wildman–Crippen MR) is 116 cm³/mol. The summed E-state index contributed by atoms with van der Waals surface area (Å²) in [5.74, 6) is 0.844. The molecule has 0 aliphatic carbocycles. The van der Waals surface area contributed by atoms with Gasteiger partial charge in [0.15, 0.2) is 16.1 Å². The van der Waals surface area contributed by atoms with Crippen LogP contribution in [0.15, 0.2) is 5.16 Å². The third-order valence-electron chi connectivity index (χ3n) is 5.17. The third kappa shape index (κ3) is 4.01. The molecule has 162 valence electrons. The molecule has 0 bridgehead atoms. The summed E-state index contributed by atoms with van der Waals surface area (Å²) < 4.78 is 20.4.